The first kappa shape index (κ1) is 20.3. The van der Waals surface area contributed by atoms with Gasteiger partial charge in [-0.1, -0.05) is 29.4 Å². The number of carbonyl (C=O) groups is 1. The van der Waals surface area contributed by atoms with Gasteiger partial charge in [0.25, 0.3) is 5.91 Å². The van der Waals surface area contributed by atoms with E-state index in [2.05, 4.69) is 32.6 Å². The maximum Gasteiger partial charge on any atom is 0.290 e. The van der Waals surface area contributed by atoms with E-state index in [0.29, 0.717) is 12.2 Å². The second-order valence-corrected chi connectivity index (χ2v) is 7.45. The Bertz CT molecular complexity index is 987. The van der Waals surface area contributed by atoms with Crippen molar-refractivity contribution in [3.63, 3.8) is 0 Å². The van der Waals surface area contributed by atoms with E-state index in [4.69, 9.17) is 9.26 Å². The molecule has 0 radical (unpaired) electrons. The smallest absolute Gasteiger partial charge is 0.290 e. The summed E-state index contributed by atoms with van der Waals surface area (Å²) in [5.41, 5.74) is 4.64. The summed E-state index contributed by atoms with van der Waals surface area (Å²) in [5, 5.41) is 11.3. The van der Waals surface area contributed by atoms with Gasteiger partial charge in [0.15, 0.2) is 0 Å². The molecule has 0 aliphatic carbocycles. The van der Waals surface area contributed by atoms with Gasteiger partial charge in [-0.3, -0.25) is 14.4 Å². The molecular formula is C22H27N5O3. The number of rotatable bonds is 7. The van der Waals surface area contributed by atoms with Gasteiger partial charge in [0.05, 0.1) is 18.9 Å². The van der Waals surface area contributed by atoms with E-state index in [1.165, 1.54) is 5.56 Å². The van der Waals surface area contributed by atoms with Crippen LogP contribution in [0, 0.1) is 6.92 Å². The van der Waals surface area contributed by atoms with E-state index in [9.17, 15) is 4.79 Å². The lowest BCUT2D eigenvalue weighted by Gasteiger charge is -2.26. The maximum atomic E-state index is 12.5. The molecule has 3 aromatic rings. The van der Waals surface area contributed by atoms with Crippen LogP contribution in [0.15, 0.2) is 41.1 Å². The standard InChI is InChI=1S/C22H27N5O3/c1-3-27-15-19(16(2)24-27)20-12-21(30-25-20)22(28)23-13-17-4-6-18(7-5-17)14-26-8-10-29-11-9-26/h4-7,12,15H,3,8-11,13-14H2,1-2H3,(H,23,28). The fourth-order valence-corrected chi connectivity index (χ4v) is 3.49. The van der Waals surface area contributed by atoms with E-state index < -0.39 is 0 Å². The summed E-state index contributed by atoms with van der Waals surface area (Å²) in [6, 6.07) is 9.97. The van der Waals surface area contributed by atoms with Crippen LogP contribution in [-0.2, 0) is 24.4 Å². The minimum Gasteiger partial charge on any atom is -0.379 e. The van der Waals surface area contributed by atoms with Crippen molar-refractivity contribution in [3.8, 4) is 11.3 Å². The number of aryl methyl sites for hydroxylation is 2. The molecule has 0 bridgehead atoms. The minimum absolute atomic E-state index is 0.192. The Morgan fingerprint density at radius 2 is 1.90 bits per heavy atom. The molecule has 8 nitrogen and oxygen atoms in total. The molecule has 1 fully saturated rings. The van der Waals surface area contributed by atoms with Crippen LogP contribution in [0.3, 0.4) is 0 Å². The summed E-state index contributed by atoms with van der Waals surface area (Å²) in [7, 11) is 0. The molecule has 1 aliphatic heterocycles. The first-order chi connectivity index (χ1) is 14.6. The molecule has 0 saturated carbocycles. The summed E-state index contributed by atoms with van der Waals surface area (Å²) in [6.07, 6.45) is 1.91. The van der Waals surface area contributed by atoms with E-state index in [1.807, 2.05) is 36.9 Å². The number of nitrogens with one attached hydrogen (secondary N) is 1. The summed E-state index contributed by atoms with van der Waals surface area (Å²) in [4.78, 5) is 14.8. The van der Waals surface area contributed by atoms with Gasteiger partial charge in [-0.15, -0.1) is 0 Å². The lowest BCUT2D eigenvalue weighted by atomic mass is 10.1. The second-order valence-electron chi connectivity index (χ2n) is 7.45. The van der Waals surface area contributed by atoms with Gasteiger partial charge >= 0.3 is 0 Å². The number of aromatic nitrogens is 3. The summed E-state index contributed by atoms with van der Waals surface area (Å²) in [6.45, 7) is 9.60. The molecule has 1 aliphatic rings. The third-order valence-corrected chi connectivity index (χ3v) is 5.27. The monoisotopic (exact) mass is 409 g/mol. The number of benzene rings is 1. The third-order valence-electron chi connectivity index (χ3n) is 5.27. The molecule has 158 valence electrons. The molecule has 1 aromatic carbocycles. The van der Waals surface area contributed by atoms with Gasteiger partial charge in [-0.05, 0) is 25.0 Å². The Kier molecular flexibility index (Phi) is 6.25. The first-order valence-electron chi connectivity index (χ1n) is 10.3. The van der Waals surface area contributed by atoms with Crippen LogP contribution >= 0.6 is 0 Å². The molecule has 1 saturated heterocycles. The zero-order valence-corrected chi connectivity index (χ0v) is 17.4. The van der Waals surface area contributed by atoms with Crippen molar-refractivity contribution >= 4 is 5.91 Å². The Morgan fingerprint density at radius 1 is 1.17 bits per heavy atom. The largest absolute Gasteiger partial charge is 0.379 e. The molecule has 30 heavy (non-hydrogen) atoms. The molecule has 1 N–H and O–H groups in total. The molecule has 3 heterocycles. The quantitative estimate of drug-likeness (QED) is 0.646. The van der Waals surface area contributed by atoms with E-state index >= 15 is 0 Å². The highest BCUT2D eigenvalue weighted by molar-refractivity contribution is 5.92. The lowest BCUT2D eigenvalue weighted by molar-refractivity contribution is 0.0342. The normalized spacial score (nSPS) is 14.7. The lowest BCUT2D eigenvalue weighted by Crippen LogP contribution is -2.35. The molecule has 0 spiro atoms. The van der Waals surface area contributed by atoms with Gasteiger partial charge < -0.3 is 14.6 Å². The topological polar surface area (TPSA) is 85.4 Å². The van der Waals surface area contributed by atoms with Crippen molar-refractivity contribution in [2.24, 2.45) is 0 Å². The van der Waals surface area contributed by atoms with Gasteiger partial charge in [0.2, 0.25) is 5.76 Å². The van der Waals surface area contributed by atoms with Crippen LogP contribution in [0.5, 0.6) is 0 Å². The highest BCUT2D eigenvalue weighted by Gasteiger charge is 2.17. The number of amides is 1. The summed E-state index contributed by atoms with van der Waals surface area (Å²) >= 11 is 0. The van der Waals surface area contributed by atoms with E-state index in [0.717, 1.165) is 56.2 Å². The number of ether oxygens (including phenoxy) is 1. The van der Waals surface area contributed by atoms with E-state index in [-0.39, 0.29) is 11.7 Å². The molecular weight excluding hydrogens is 382 g/mol. The van der Waals surface area contributed by atoms with Crippen LogP contribution in [0.1, 0.15) is 34.3 Å². The number of hydrogen-bond acceptors (Lipinski definition) is 6. The molecule has 0 unspecified atom stereocenters. The van der Waals surface area contributed by atoms with Gasteiger partial charge in [-0.25, -0.2) is 0 Å². The molecule has 1 amide bonds. The van der Waals surface area contributed by atoms with Crippen LogP contribution < -0.4 is 5.32 Å². The SMILES string of the molecule is CCn1cc(-c2cc(C(=O)NCc3ccc(CN4CCOCC4)cc3)on2)c(C)n1. The van der Waals surface area contributed by atoms with Crippen molar-refractivity contribution in [2.45, 2.75) is 33.5 Å². The van der Waals surface area contributed by atoms with Crippen LogP contribution in [-0.4, -0.2) is 52.0 Å². The second kappa shape index (κ2) is 9.23. The van der Waals surface area contributed by atoms with Crippen molar-refractivity contribution < 1.29 is 14.1 Å². The molecule has 2 aromatic heterocycles. The first-order valence-corrected chi connectivity index (χ1v) is 10.3. The molecule has 0 atom stereocenters. The minimum atomic E-state index is -0.285. The van der Waals surface area contributed by atoms with Crippen molar-refractivity contribution in [1.29, 1.82) is 0 Å². The Balaban J connectivity index is 1.32. The average Bonchev–Trinajstić information content (AvgIpc) is 3.40. The zero-order chi connectivity index (χ0) is 20.9. The summed E-state index contributed by atoms with van der Waals surface area (Å²) < 4.78 is 12.5. The highest BCUT2D eigenvalue weighted by Crippen LogP contribution is 2.22. The van der Waals surface area contributed by atoms with Crippen LogP contribution in [0.4, 0.5) is 0 Å². The fraction of sp³-hybridized carbons (Fsp3) is 0.409. The van der Waals surface area contributed by atoms with Crippen LogP contribution in [0.25, 0.3) is 11.3 Å². The van der Waals surface area contributed by atoms with Gasteiger partial charge in [0.1, 0.15) is 5.69 Å². The zero-order valence-electron chi connectivity index (χ0n) is 17.4. The molecule has 4 rings (SSSR count). The summed E-state index contributed by atoms with van der Waals surface area (Å²) in [5.74, 6) is -0.0933. The Labute approximate surface area is 175 Å². The predicted octanol–water partition coefficient (Wildman–Crippen LogP) is 2.63. The Hall–Kier alpha value is -2.97. The maximum absolute atomic E-state index is 12.5. The van der Waals surface area contributed by atoms with Crippen molar-refractivity contribution in [2.75, 3.05) is 26.3 Å². The number of hydrogen-bond donors (Lipinski definition) is 1. The van der Waals surface area contributed by atoms with Gasteiger partial charge in [0, 0.05) is 50.6 Å². The van der Waals surface area contributed by atoms with Crippen molar-refractivity contribution in [3.05, 3.63) is 59.1 Å². The number of carbonyl (C=O) groups excluding carboxylic acids is 1. The average molecular weight is 409 g/mol. The van der Waals surface area contributed by atoms with Crippen LogP contribution in [0.2, 0.25) is 0 Å². The van der Waals surface area contributed by atoms with E-state index in [1.54, 1.807) is 6.07 Å². The third kappa shape index (κ3) is 4.77. The molecule has 8 heteroatoms. The number of nitrogens with zero attached hydrogens (tertiary/aromatic N) is 4. The number of morpholine rings is 1. The van der Waals surface area contributed by atoms with Gasteiger partial charge in [-0.2, -0.15) is 5.10 Å². The van der Waals surface area contributed by atoms with Crippen molar-refractivity contribution in [1.82, 2.24) is 25.2 Å². The fourth-order valence-electron chi connectivity index (χ4n) is 3.49. The predicted molar refractivity (Wildman–Crippen MR) is 112 cm³/mol. The Morgan fingerprint density at radius 3 is 2.60 bits per heavy atom. The highest BCUT2D eigenvalue weighted by atomic mass is 16.5.